The fourth-order valence-corrected chi connectivity index (χ4v) is 3.71. The maximum Gasteiger partial charge on any atom is 0.244 e. The Morgan fingerprint density at radius 3 is 3.07 bits per heavy atom. The zero-order valence-electron chi connectivity index (χ0n) is 15.6. The number of nitrogens with zero attached hydrogens (tertiary/aromatic N) is 4. The average molecular weight is 375 g/mol. The summed E-state index contributed by atoms with van der Waals surface area (Å²) in [4.78, 5) is 8.99. The predicted molar refractivity (Wildman–Crippen MR) is 108 cm³/mol. The van der Waals surface area contributed by atoms with E-state index in [2.05, 4.69) is 38.6 Å². The number of pyridine rings is 1. The first-order chi connectivity index (χ1) is 13.8. The van der Waals surface area contributed by atoms with Gasteiger partial charge < -0.3 is 14.8 Å². The van der Waals surface area contributed by atoms with Crippen molar-refractivity contribution in [3.63, 3.8) is 0 Å². The highest BCUT2D eigenvalue weighted by Crippen LogP contribution is 2.32. The Morgan fingerprint density at radius 1 is 1.25 bits per heavy atom. The van der Waals surface area contributed by atoms with Crippen molar-refractivity contribution < 1.29 is 9.47 Å². The van der Waals surface area contributed by atoms with Crippen molar-refractivity contribution in [3.05, 3.63) is 48.8 Å². The van der Waals surface area contributed by atoms with Gasteiger partial charge in [0.15, 0.2) is 0 Å². The maximum atomic E-state index is 5.61. The average Bonchev–Trinajstić information content (AvgIpc) is 3.17. The van der Waals surface area contributed by atoms with E-state index in [9.17, 15) is 0 Å². The quantitative estimate of drug-likeness (QED) is 0.588. The summed E-state index contributed by atoms with van der Waals surface area (Å²) in [5, 5.41) is 9.09. The van der Waals surface area contributed by atoms with Crippen molar-refractivity contribution in [1.82, 2.24) is 19.6 Å². The SMILES string of the molecule is COc1nc(N[C@@H]2CCCOC2)nn2ccc(-c3ccc4ncccc4c3)c12. The molecule has 1 aliphatic rings. The van der Waals surface area contributed by atoms with Crippen LogP contribution in [0.2, 0.25) is 0 Å². The predicted octanol–water partition coefficient (Wildman–Crippen LogP) is 3.54. The lowest BCUT2D eigenvalue weighted by Crippen LogP contribution is -2.31. The summed E-state index contributed by atoms with van der Waals surface area (Å²) in [6, 6.07) is 12.5. The molecule has 1 N–H and O–H groups in total. The number of hydrogen-bond donors (Lipinski definition) is 1. The number of hydrogen-bond acceptors (Lipinski definition) is 6. The second-order valence-electron chi connectivity index (χ2n) is 6.94. The number of benzene rings is 1. The third-order valence-corrected chi connectivity index (χ3v) is 5.08. The van der Waals surface area contributed by atoms with Gasteiger partial charge in [-0.25, -0.2) is 4.52 Å². The number of nitrogens with one attached hydrogen (secondary N) is 1. The molecule has 7 nitrogen and oxygen atoms in total. The van der Waals surface area contributed by atoms with E-state index in [-0.39, 0.29) is 6.04 Å². The molecule has 1 saturated heterocycles. The highest BCUT2D eigenvalue weighted by atomic mass is 16.5. The molecule has 0 radical (unpaired) electrons. The van der Waals surface area contributed by atoms with E-state index < -0.39 is 0 Å². The number of rotatable bonds is 4. The van der Waals surface area contributed by atoms with Gasteiger partial charge in [0.1, 0.15) is 5.52 Å². The van der Waals surface area contributed by atoms with Gasteiger partial charge in [-0.1, -0.05) is 12.1 Å². The van der Waals surface area contributed by atoms with Gasteiger partial charge in [0.2, 0.25) is 11.8 Å². The monoisotopic (exact) mass is 375 g/mol. The standard InChI is InChI=1S/C21H21N5O2/c1-27-20-19-17(14-6-7-18-15(12-14)4-2-9-22-18)8-10-26(19)25-21(24-20)23-16-5-3-11-28-13-16/h2,4,6-10,12,16H,3,5,11,13H2,1H3,(H,23,25)/t16-/m1/s1. The first-order valence-corrected chi connectivity index (χ1v) is 9.44. The fraction of sp³-hybridized carbons (Fsp3) is 0.286. The van der Waals surface area contributed by atoms with Crippen LogP contribution >= 0.6 is 0 Å². The Kier molecular flexibility index (Phi) is 4.29. The van der Waals surface area contributed by atoms with E-state index in [1.165, 1.54) is 0 Å². The van der Waals surface area contributed by atoms with Crippen LogP contribution in [0, 0.1) is 0 Å². The first kappa shape index (κ1) is 16.9. The van der Waals surface area contributed by atoms with E-state index in [0.29, 0.717) is 18.4 Å². The summed E-state index contributed by atoms with van der Waals surface area (Å²) in [6.45, 7) is 1.50. The Labute approximate surface area is 162 Å². The van der Waals surface area contributed by atoms with Crippen LogP contribution in [0.1, 0.15) is 12.8 Å². The highest BCUT2D eigenvalue weighted by molar-refractivity contribution is 5.90. The third-order valence-electron chi connectivity index (χ3n) is 5.08. The summed E-state index contributed by atoms with van der Waals surface area (Å²) in [6.07, 6.45) is 5.83. The smallest absolute Gasteiger partial charge is 0.244 e. The lowest BCUT2D eigenvalue weighted by Gasteiger charge is -2.23. The molecule has 3 aromatic heterocycles. The molecule has 1 aliphatic heterocycles. The number of methoxy groups -OCH3 is 1. The second kappa shape index (κ2) is 7.09. The molecule has 4 heterocycles. The van der Waals surface area contributed by atoms with Crippen LogP contribution in [-0.2, 0) is 4.74 Å². The minimum Gasteiger partial charge on any atom is -0.479 e. The van der Waals surface area contributed by atoms with Crippen LogP contribution < -0.4 is 10.1 Å². The topological polar surface area (TPSA) is 73.6 Å². The number of ether oxygens (including phenoxy) is 2. The largest absolute Gasteiger partial charge is 0.479 e. The van der Waals surface area contributed by atoms with Gasteiger partial charge in [0.25, 0.3) is 0 Å². The number of fused-ring (bicyclic) bond motifs is 2. The van der Waals surface area contributed by atoms with Crippen molar-refractivity contribution in [2.45, 2.75) is 18.9 Å². The van der Waals surface area contributed by atoms with Crippen molar-refractivity contribution in [2.24, 2.45) is 0 Å². The van der Waals surface area contributed by atoms with Crippen LogP contribution in [0.3, 0.4) is 0 Å². The molecule has 0 aliphatic carbocycles. The minimum atomic E-state index is 0.221. The van der Waals surface area contributed by atoms with Gasteiger partial charge in [-0.05, 0) is 42.7 Å². The molecule has 0 amide bonds. The third kappa shape index (κ3) is 3.03. The van der Waals surface area contributed by atoms with Gasteiger partial charge in [-0.2, -0.15) is 4.98 Å². The van der Waals surface area contributed by atoms with Gasteiger partial charge in [0, 0.05) is 30.0 Å². The van der Waals surface area contributed by atoms with E-state index in [1.54, 1.807) is 13.3 Å². The highest BCUT2D eigenvalue weighted by Gasteiger charge is 2.18. The van der Waals surface area contributed by atoms with Crippen LogP contribution in [-0.4, -0.2) is 45.9 Å². The second-order valence-corrected chi connectivity index (χ2v) is 6.94. The van der Waals surface area contributed by atoms with Gasteiger partial charge in [-0.15, -0.1) is 5.10 Å². The van der Waals surface area contributed by atoms with Gasteiger partial charge in [0.05, 0.1) is 25.3 Å². The zero-order chi connectivity index (χ0) is 18.9. The van der Waals surface area contributed by atoms with Crippen LogP contribution in [0.4, 0.5) is 5.95 Å². The Bertz CT molecular complexity index is 1130. The van der Waals surface area contributed by atoms with E-state index in [4.69, 9.17) is 9.47 Å². The van der Waals surface area contributed by atoms with Crippen molar-refractivity contribution in [3.8, 4) is 17.0 Å². The molecule has 1 fully saturated rings. The first-order valence-electron chi connectivity index (χ1n) is 9.44. The molecule has 1 atom stereocenters. The molecule has 1 aromatic carbocycles. The maximum absolute atomic E-state index is 5.61. The Morgan fingerprint density at radius 2 is 2.21 bits per heavy atom. The lowest BCUT2D eigenvalue weighted by molar-refractivity contribution is 0.0873. The Hall–Kier alpha value is -3.19. The zero-order valence-corrected chi connectivity index (χ0v) is 15.6. The molecule has 0 bridgehead atoms. The van der Waals surface area contributed by atoms with E-state index in [1.807, 2.05) is 28.9 Å². The molecule has 5 rings (SSSR count). The summed E-state index contributed by atoms with van der Waals surface area (Å²) < 4.78 is 13.0. The summed E-state index contributed by atoms with van der Waals surface area (Å²) in [7, 11) is 1.64. The van der Waals surface area contributed by atoms with Gasteiger partial charge in [-0.3, -0.25) is 4.98 Å². The summed E-state index contributed by atoms with van der Waals surface area (Å²) >= 11 is 0. The minimum absolute atomic E-state index is 0.221. The molecule has 0 spiro atoms. The molecule has 0 unspecified atom stereocenters. The molecule has 4 aromatic rings. The molecular formula is C21H21N5O2. The molecule has 0 saturated carbocycles. The van der Waals surface area contributed by atoms with Crippen LogP contribution in [0.5, 0.6) is 5.88 Å². The van der Waals surface area contributed by atoms with Crippen LogP contribution in [0.25, 0.3) is 27.5 Å². The Balaban J connectivity index is 1.56. The molecule has 142 valence electrons. The van der Waals surface area contributed by atoms with Crippen molar-refractivity contribution in [1.29, 1.82) is 0 Å². The molecular weight excluding hydrogens is 354 g/mol. The number of aromatic nitrogens is 4. The fourth-order valence-electron chi connectivity index (χ4n) is 3.71. The molecule has 7 heteroatoms. The van der Waals surface area contributed by atoms with Gasteiger partial charge >= 0.3 is 0 Å². The lowest BCUT2D eigenvalue weighted by atomic mass is 10.0. The molecule has 28 heavy (non-hydrogen) atoms. The van der Waals surface area contributed by atoms with Crippen molar-refractivity contribution in [2.75, 3.05) is 25.6 Å². The van der Waals surface area contributed by atoms with Crippen LogP contribution in [0.15, 0.2) is 48.8 Å². The summed E-state index contributed by atoms with van der Waals surface area (Å²) in [5.41, 5.74) is 3.91. The normalized spacial score (nSPS) is 17.1. The van der Waals surface area contributed by atoms with E-state index >= 15 is 0 Å². The van der Waals surface area contributed by atoms with E-state index in [0.717, 1.165) is 47.0 Å². The van der Waals surface area contributed by atoms with Crippen molar-refractivity contribution >= 4 is 22.4 Å². The number of anilines is 1. The summed E-state index contributed by atoms with van der Waals surface area (Å²) in [5.74, 6) is 1.09.